The van der Waals surface area contributed by atoms with Crippen LogP contribution in [0.5, 0.6) is 0 Å². The van der Waals surface area contributed by atoms with Gasteiger partial charge in [0, 0.05) is 12.1 Å². The van der Waals surface area contributed by atoms with Crippen molar-refractivity contribution in [2.75, 3.05) is 20.6 Å². The van der Waals surface area contributed by atoms with Crippen LogP contribution in [-0.2, 0) is 22.4 Å². The van der Waals surface area contributed by atoms with Crippen LogP contribution in [0.4, 0.5) is 0 Å². The van der Waals surface area contributed by atoms with Crippen molar-refractivity contribution >= 4 is 11.9 Å². The fourth-order valence-corrected chi connectivity index (χ4v) is 3.79. The number of hydrogen-bond donors (Lipinski definition) is 3. The van der Waals surface area contributed by atoms with Crippen LogP contribution in [0, 0.1) is 0 Å². The number of nitrogens with one attached hydrogen (secondary N) is 2. The highest BCUT2D eigenvalue weighted by molar-refractivity contribution is 5.84. The van der Waals surface area contributed by atoms with E-state index in [2.05, 4.69) is 39.8 Å². The molecule has 2 atom stereocenters. The fourth-order valence-electron chi connectivity index (χ4n) is 3.79. The van der Waals surface area contributed by atoms with Gasteiger partial charge in [0.05, 0.1) is 6.04 Å². The van der Waals surface area contributed by atoms with E-state index < -0.39 is 18.1 Å². The fraction of sp³-hybridized carbons (Fsp3) is 0.556. The number of carbonyl (C=O) groups excluding carboxylic acids is 1. The minimum absolute atomic E-state index is 0.101. The summed E-state index contributed by atoms with van der Waals surface area (Å²) in [5, 5.41) is 15.0. The van der Waals surface area contributed by atoms with Gasteiger partial charge in [-0.05, 0) is 50.9 Å². The molecule has 1 fully saturated rings. The van der Waals surface area contributed by atoms with Crippen molar-refractivity contribution in [3.63, 3.8) is 0 Å². The molecule has 0 spiro atoms. The first kappa shape index (κ1) is 16.9. The molecule has 0 radical (unpaired) electrons. The van der Waals surface area contributed by atoms with Crippen LogP contribution < -0.4 is 10.6 Å². The van der Waals surface area contributed by atoms with E-state index in [-0.39, 0.29) is 11.4 Å². The molecule has 1 aliphatic carbocycles. The zero-order chi connectivity index (χ0) is 17.3. The maximum Gasteiger partial charge on any atom is 0.320 e. The second-order valence-electron chi connectivity index (χ2n) is 7.15. The Bertz CT molecular complexity index is 619. The van der Waals surface area contributed by atoms with Crippen molar-refractivity contribution in [1.29, 1.82) is 0 Å². The Labute approximate surface area is 142 Å². The first-order valence-corrected chi connectivity index (χ1v) is 8.42. The molecule has 1 saturated heterocycles. The molecule has 1 amide bonds. The number of hydrogen-bond acceptors (Lipinski definition) is 4. The predicted octanol–water partition coefficient (Wildman–Crippen LogP) is 0.407. The van der Waals surface area contributed by atoms with Gasteiger partial charge in [-0.1, -0.05) is 24.3 Å². The quantitative estimate of drug-likeness (QED) is 0.728. The van der Waals surface area contributed by atoms with Crippen molar-refractivity contribution in [1.82, 2.24) is 15.5 Å². The summed E-state index contributed by atoms with van der Waals surface area (Å²) >= 11 is 0. The molecule has 3 N–H and O–H groups in total. The summed E-state index contributed by atoms with van der Waals surface area (Å²) < 4.78 is 0. The van der Waals surface area contributed by atoms with E-state index in [0.717, 1.165) is 12.8 Å². The molecule has 1 aromatic rings. The van der Waals surface area contributed by atoms with E-state index in [9.17, 15) is 9.59 Å². The molecule has 130 valence electrons. The lowest BCUT2D eigenvalue weighted by molar-refractivity contribution is -0.139. The van der Waals surface area contributed by atoms with Gasteiger partial charge in [-0.3, -0.25) is 14.9 Å². The minimum Gasteiger partial charge on any atom is -0.480 e. The standard InChI is InChI=1S/C18H25N3O3/c1-21(2)18(9-12-5-3-4-6-13(12)10-18)11-19-16(22)14-7-8-15(20-14)17(23)24/h3-6,14-15,20H,7-11H2,1-2H3,(H,19,22)(H,23,24)/t14-,15+/m1/s1. The second-order valence-corrected chi connectivity index (χ2v) is 7.15. The third-order valence-corrected chi connectivity index (χ3v) is 5.46. The first-order chi connectivity index (χ1) is 11.4. The van der Waals surface area contributed by atoms with Gasteiger partial charge in [-0.15, -0.1) is 0 Å². The molecule has 1 aromatic carbocycles. The smallest absolute Gasteiger partial charge is 0.320 e. The summed E-state index contributed by atoms with van der Waals surface area (Å²) in [6.45, 7) is 0.559. The summed E-state index contributed by atoms with van der Waals surface area (Å²) in [5.74, 6) is -0.989. The SMILES string of the molecule is CN(C)C1(CNC(=O)[C@H]2CC[C@@H](C(=O)O)N2)Cc2ccccc2C1. The van der Waals surface area contributed by atoms with Gasteiger partial charge in [0.15, 0.2) is 0 Å². The number of amides is 1. The van der Waals surface area contributed by atoms with E-state index in [1.54, 1.807) is 0 Å². The van der Waals surface area contributed by atoms with Gasteiger partial charge in [-0.2, -0.15) is 0 Å². The number of benzene rings is 1. The third-order valence-electron chi connectivity index (χ3n) is 5.46. The molecule has 1 aliphatic heterocycles. The molecule has 1 heterocycles. The van der Waals surface area contributed by atoms with E-state index in [4.69, 9.17) is 5.11 Å². The van der Waals surface area contributed by atoms with Gasteiger partial charge >= 0.3 is 5.97 Å². The maximum atomic E-state index is 12.4. The average molecular weight is 331 g/mol. The molecule has 6 heteroatoms. The molecule has 6 nitrogen and oxygen atoms in total. The summed E-state index contributed by atoms with van der Waals surface area (Å²) in [6, 6.07) is 7.39. The number of carboxylic acids is 1. The molecule has 0 unspecified atom stereocenters. The predicted molar refractivity (Wildman–Crippen MR) is 90.9 cm³/mol. The number of rotatable bonds is 5. The van der Waals surface area contributed by atoms with Gasteiger partial charge < -0.3 is 15.3 Å². The Kier molecular flexibility index (Phi) is 4.60. The van der Waals surface area contributed by atoms with Crippen LogP contribution in [0.15, 0.2) is 24.3 Å². The second kappa shape index (κ2) is 6.53. The Hall–Kier alpha value is -1.92. The van der Waals surface area contributed by atoms with Crippen LogP contribution >= 0.6 is 0 Å². The summed E-state index contributed by atoms with van der Waals surface area (Å²) in [5.41, 5.74) is 2.56. The highest BCUT2D eigenvalue weighted by atomic mass is 16.4. The zero-order valence-electron chi connectivity index (χ0n) is 14.2. The van der Waals surface area contributed by atoms with Crippen molar-refractivity contribution in [2.24, 2.45) is 0 Å². The normalized spacial score (nSPS) is 24.8. The Balaban J connectivity index is 1.62. The van der Waals surface area contributed by atoms with Gasteiger partial charge in [-0.25, -0.2) is 0 Å². The van der Waals surface area contributed by atoms with Crippen LogP contribution in [0.2, 0.25) is 0 Å². The molecular weight excluding hydrogens is 306 g/mol. The zero-order valence-corrected chi connectivity index (χ0v) is 14.2. The van der Waals surface area contributed by atoms with Crippen molar-refractivity contribution in [2.45, 2.75) is 43.3 Å². The minimum atomic E-state index is -0.888. The average Bonchev–Trinajstić information content (AvgIpc) is 3.17. The summed E-state index contributed by atoms with van der Waals surface area (Å²) in [4.78, 5) is 25.6. The molecule has 0 bridgehead atoms. The van der Waals surface area contributed by atoms with Crippen LogP contribution in [0.25, 0.3) is 0 Å². The van der Waals surface area contributed by atoms with Crippen molar-refractivity contribution < 1.29 is 14.7 Å². The highest BCUT2D eigenvalue weighted by Gasteiger charge is 2.40. The van der Waals surface area contributed by atoms with Crippen LogP contribution in [0.1, 0.15) is 24.0 Å². The topological polar surface area (TPSA) is 81.7 Å². The highest BCUT2D eigenvalue weighted by Crippen LogP contribution is 2.33. The third kappa shape index (κ3) is 3.16. The maximum absolute atomic E-state index is 12.4. The van der Waals surface area contributed by atoms with Crippen molar-refractivity contribution in [3.05, 3.63) is 35.4 Å². The Morgan fingerprint density at radius 1 is 1.21 bits per heavy atom. The Morgan fingerprint density at radius 3 is 2.29 bits per heavy atom. The van der Waals surface area contributed by atoms with Crippen molar-refractivity contribution in [3.8, 4) is 0 Å². The van der Waals surface area contributed by atoms with E-state index >= 15 is 0 Å². The molecule has 24 heavy (non-hydrogen) atoms. The van der Waals surface area contributed by atoms with E-state index in [0.29, 0.717) is 19.4 Å². The number of fused-ring (bicyclic) bond motifs is 1. The number of aliphatic carboxylic acids is 1. The number of carbonyl (C=O) groups is 2. The molecule has 0 aromatic heterocycles. The first-order valence-electron chi connectivity index (χ1n) is 8.42. The molecule has 3 rings (SSSR count). The number of likely N-dealkylation sites (N-methyl/N-ethyl adjacent to an activating group) is 1. The summed E-state index contributed by atoms with van der Waals surface area (Å²) in [6.07, 6.45) is 2.88. The number of carboxylic acid groups (broad SMARTS) is 1. The van der Waals surface area contributed by atoms with Crippen LogP contribution in [0.3, 0.4) is 0 Å². The molecular formula is C18H25N3O3. The molecule has 0 saturated carbocycles. The Morgan fingerprint density at radius 2 is 1.79 bits per heavy atom. The lowest BCUT2D eigenvalue weighted by Gasteiger charge is -2.37. The number of nitrogens with zero attached hydrogens (tertiary/aromatic N) is 1. The van der Waals surface area contributed by atoms with E-state index in [1.807, 2.05) is 14.1 Å². The van der Waals surface area contributed by atoms with Gasteiger partial charge in [0.2, 0.25) is 5.91 Å². The van der Waals surface area contributed by atoms with Gasteiger partial charge in [0.25, 0.3) is 0 Å². The van der Waals surface area contributed by atoms with E-state index in [1.165, 1.54) is 11.1 Å². The monoisotopic (exact) mass is 331 g/mol. The van der Waals surface area contributed by atoms with Crippen LogP contribution in [-0.4, -0.2) is 60.1 Å². The molecule has 2 aliphatic rings. The largest absolute Gasteiger partial charge is 0.480 e. The lowest BCUT2D eigenvalue weighted by Crippen LogP contribution is -2.56. The summed E-state index contributed by atoms with van der Waals surface area (Å²) in [7, 11) is 4.10. The lowest BCUT2D eigenvalue weighted by atomic mass is 9.94. The van der Waals surface area contributed by atoms with Gasteiger partial charge in [0.1, 0.15) is 6.04 Å².